The molecule has 6 nitrogen and oxygen atoms in total. The van der Waals surface area contributed by atoms with Gasteiger partial charge in [-0.05, 0) is 36.5 Å². The molecule has 136 valence electrons. The van der Waals surface area contributed by atoms with Crippen LogP contribution in [0, 0.1) is 0 Å². The molecule has 2 aliphatic heterocycles. The standard InChI is InChI=1S/C17H24BNO5S/c1-12(20)6-17-5-4-16(18(21)24-17)11-25(22,23)10-13-2-3-14-8-19-9-15(14)7-13/h2-3,7,16-17,19,21H,4-6,8-11H2,1H3/t16-,17+/m1/s1. The summed E-state index contributed by atoms with van der Waals surface area (Å²) < 4.78 is 30.5. The van der Waals surface area contributed by atoms with Crippen LogP contribution in [0.15, 0.2) is 18.2 Å². The number of ketones is 1. The Labute approximate surface area is 149 Å². The highest BCUT2D eigenvalue weighted by Crippen LogP contribution is 2.30. The monoisotopic (exact) mass is 365 g/mol. The number of rotatable bonds is 6. The molecule has 2 heterocycles. The molecule has 1 aromatic carbocycles. The molecule has 0 spiro atoms. The summed E-state index contributed by atoms with van der Waals surface area (Å²) in [7, 11) is -4.48. The van der Waals surface area contributed by atoms with Crippen molar-refractivity contribution in [2.24, 2.45) is 0 Å². The maximum absolute atomic E-state index is 12.5. The van der Waals surface area contributed by atoms with E-state index >= 15 is 0 Å². The predicted octanol–water partition coefficient (Wildman–Crippen LogP) is 1.21. The highest BCUT2D eigenvalue weighted by molar-refractivity contribution is 7.90. The molecule has 1 saturated heterocycles. The van der Waals surface area contributed by atoms with Crippen molar-refractivity contribution in [3.05, 3.63) is 34.9 Å². The van der Waals surface area contributed by atoms with Crippen LogP contribution in [0.25, 0.3) is 0 Å². The molecule has 0 unspecified atom stereocenters. The number of benzene rings is 1. The summed E-state index contributed by atoms with van der Waals surface area (Å²) in [6.07, 6.45) is 1.10. The van der Waals surface area contributed by atoms with Gasteiger partial charge in [0.05, 0.1) is 11.5 Å². The van der Waals surface area contributed by atoms with Gasteiger partial charge in [0.2, 0.25) is 0 Å². The van der Waals surface area contributed by atoms with Gasteiger partial charge in [0.25, 0.3) is 0 Å². The minimum Gasteiger partial charge on any atom is -0.427 e. The minimum atomic E-state index is -3.35. The van der Waals surface area contributed by atoms with Gasteiger partial charge in [-0.1, -0.05) is 18.2 Å². The molecule has 3 rings (SSSR count). The van der Waals surface area contributed by atoms with Crippen LogP contribution in [-0.4, -0.2) is 38.2 Å². The SMILES string of the molecule is CC(=O)C[C@@H]1CC[C@H](CS(=O)(=O)Cc2ccc3c(c2)CNC3)B(O)O1. The Morgan fingerprint density at radius 2 is 2.08 bits per heavy atom. The third-order valence-electron chi connectivity index (χ3n) is 4.87. The van der Waals surface area contributed by atoms with E-state index in [1.54, 1.807) is 0 Å². The number of carbonyl (C=O) groups excluding carboxylic acids is 1. The number of nitrogens with one attached hydrogen (secondary N) is 1. The highest BCUT2D eigenvalue weighted by atomic mass is 32.2. The molecule has 25 heavy (non-hydrogen) atoms. The second kappa shape index (κ2) is 7.57. The quantitative estimate of drug-likeness (QED) is 0.737. The van der Waals surface area contributed by atoms with Crippen LogP contribution in [0.2, 0.25) is 5.82 Å². The Hall–Kier alpha value is -1.22. The van der Waals surface area contributed by atoms with Crippen molar-refractivity contribution >= 4 is 22.7 Å². The Kier molecular flexibility index (Phi) is 5.63. The zero-order valence-corrected chi connectivity index (χ0v) is 15.2. The van der Waals surface area contributed by atoms with Gasteiger partial charge in [-0.3, -0.25) is 4.79 Å². The summed E-state index contributed by atoms with van der Waals surface area (Å²) in [4.78, 5) is 11.2. The van der Waals surface area contributed by atoms with Crippen LogP contribution in [0.4, 0.5) is 0 Å². The number of sulfone groups is 1. The zero-order valence-electron chi connectivity index (χ0n) is 14.4. The van der Waals surface area contributed by atoms with E-state index in [0.29, 0.717) is 12.8 Å². The molecule has 2 atom stereocenters. The molecule has 0 aliphatic carbocycles. The van der Waals surface area contributed by atoms with Gasteiger partial charge in [0.1, 0.15) is 5.78 Å². The summed E-state index contributed by atoms with van der Waals surface area (Å²) in [6, 6.07) is 5.79. The average Bonchev–Trinajstić information content (AvgIpc) is 2.96. The fraction of sp³-hybridized carbons (Fsp3) is 0.588. The number of hydrogen-bond donors (Lipinski definition) is 2. The summed E-state index contributed by atoms with van der Waals surface area (Å²) in [5, 5.41) is 13.3. The van der Waals surface area contributed by atoms with Crippen LogP contribution in [0.5, 0.6) is 0 Å². The molecule has 0 radical (unpaired) electrons. The highest BCUT2D eigenvalue weighted by Gasteiger charge is 2.37. The van der Waals surface area contributed by atoms with Crippen LogP contribution >= 0.6 is 0 Å². The smallest absolute Gasteiger partial charge is 0.427 e. The van der Waals surface area contributed by atoms with E-state index in [0.717, 1.165) is 24.2 Å². The lowest BCUT2D eigenvalue weighted by Gasteiger charge is -2.30. The molecule has 0 amide bonds. The van der Waals surface area contributed by atoms with E-state index in [2.05, 4.69) is 5.32 Å². The van der Waals surface area contributed by atoms with E-state index in [9.17, 15) is 18.2 Å². The lowest BCUT2D eigenvalue weighted by Crippen LogP contribution is -2.39. The molecule has 0 bridgehead atoms. The third-order valence-corrected chi connectivity index (χ3v) is 6.58. The first-order valence-electron chi connectivity index (χ1n) is 8.67. The van der Waals surface area contributed by atoms with Gasteiger partial charge >= 0.3 is 7.12 Å². The summed E-state index contributed by atoms with van der Waals surface area (Å²) >= 11 is 0. The van der Waals surface area contributed by atoms with Gasteiger partial charge in [-0.15, -0.1) is 0 Å². The van der Waals surface area contributed by atoms with Crippen LogP contribution < -0.4 is 5.32 Å². The predicted molar refractivity (Wildman–Crippen MR) is 95.6 cm³/mol. The Bertz CT molecular complexity index is 751. The van der Waals surface area contributed by atoms with Crippen molar-refractivity contribution in [3.8, 4) is 0 Å². The van der Waals surface area contributed by atoms with E-state index in [-0.39, 0.29) is 29.8 Å². The molecule has 0 aromatic heterocycles. The third kappa shape index (κ3) is 4.91. The Balaban J connectivity index is 1.59. The van der Waals surface area contributed by atoms with Crippen molar-refractivity contribution in [1.29, 1.82) is 0 Å². The minimum absolute atomic E-state index is 0.00868. The summed E-state index contributed by atoms with van der Waals surface area (Å²) in [6.45, 7) is 3.09. The van der Waals surface area contributed by atoms with Crippen molar-refractivity contribution in [2.45, 2.75) is 56.9 Å². The van der Waals surface area contributed by atoms with Crippen molar-refractivity contribution in [1.82, 2.24) is 5.32 Å². The first kappa shape index (κ1) is 18.6. The van der Waals surface area contributed by atoms with E-state index in [4.69, 9.17) is 4.65 Å². The molecule has 1 fully saturated rings. The lowest BCUT2D eigenvalue weighted by atomic mass is 9.67. The second-order valence-corrected chi connectivity index (χ2v) is 9.26. The fourth-order valence-electron chi connectivity index (χ4n) is 3.63. The zero-order chi connectivity index (χ0) is 18.0. The average molecular weight is 365 g/mol. The van der Waals surface area contributed by atoms with E-state index < -0.39 is 22.8 Å². The van der Waals surface area contributed by atoms with Gasteiger partial charge in [0.15, 0.2) is 9.84 Å². The first-order valence-corrected chi connectivity index (χ1v) is 10.5. The van der Waals surface area contributed by atoms with E-state index in [1.807, 2.05) is 18.2 Å². The molecule has 1 aromatic rings. The Morgan fingerprint density at radius 1 is 1.32 bits per heavy atom. The second-order valence-electron chi connectivity index (χ2n) is 7.15. The topological polar surface area (TPSA) is 92.7 Å². The normalized spacial score (nSPS) is 23.5. The van der Waals surface area contributed by atoms with Crippen LogP contribution in [-0.2, 0) is 38.1 Å². The molecule has 2 aliphatic rings. The number of carbonyl (C=O) groups is 1. The van der Waals surface area contributed by atoms with Crippen LogP contribution in [0.1, 0.15) is 42.9 Å². The fourth-order valence-corrected chi connectivity index (χ4v) is 5.42. The van der Waals surface area contributed by atoms with Gasteiger partial charge in [0, 0.05) is 31.4 Å². The number of hydrogen-bond acceptors (Lipinski definition) is 6. The van der Waals surface area contributed by atoms with Gasteiger partial charge in [-0.2, -0.15) is 0 Å². The molecular formula is C17H24BNO5S. The van der Waals surface area contributed by atoms with Crippen molar-refractivity contribution in [2.75, 3.05) is 5.75 Å². The molecular weight excluding hydrogens is 341 g/mol. The molecule has 0 saturated carbocycles. The number of Topliss-reactive ketones (excluding diaryl/α,β-unsaturated/α-hetero) is 1. The maximum atomic E-state index is 12.5. The number of fused-ring (bicyclic) bond motifs is 1. The van der Waals surface area contributed by atoms with Crippen molar-refractivity contribution < 1.29 is 22.9 Å². The van der Waals surface area contributed by atoms with Gasteiger partial charge < -0.3 is 15.0 Å². The van der Waals surface area contributed by atoms with E-state index in [1.165, 1.54) is 12.5 Å². The molecule has 2 N–H and O–H groups in total. The maximum Gasteiger partial charge on any atom is 0.458 e. The first-order chi connectivity index (χ1) is 11.8. The molecule has 8 heteroatoms. The van der Waals surface area contributed by atoms with Crippen LogP contribution in [0.3, 0.4) is 0 Å². The van der Waals surface area contributed by atoms with Gasteiger partial charge in [-0.25, -0.2) is 8.42 Å². The Morgan fingerprint density at radius 3 is 2.80 bits per heavy atom. The van der Waals surface area contributed by atoms with Crippen molar-refractivity contribution in [3.63, 3.8) is 0 Å². The largest absolute Gasteiger partial charge is 0.458 e. The lowest BCUT2D eigenvalue weighted by molar-refractivity contribution is -0.118. The summed E-state index contributed by atoms with van der Waals surface area (Å²) in [5.74, 6) is -0.560. The summed E-state index contributed by atoms with van der Waals surface area (Å²) in [5.41, 5.74) is 3.15.